The number of aliphatic carboxylic acids is 1. The molecule has 0 aromatic heterocycles. The molecule has 0 aromatic rings. The molecule has 0 aromatic carbocycles. The smallest absolute Gasteiger partial charge is 0.795 e. The first kappa shape index (κ1) is 26.5. The zero-order chi connectivity index (χ0) is 10.9. The summed E-state index contributed by atoms with van der Waals surface area (Å²) in [4.78, 5) is 31.6. The van der Waals surface area contributed by atoms with E-state index >= 15 is 0 Å². The van der Waals surface area contributed by atoms with E-state index in [1.54, 1.807) is 0 Å². The van der Waals surface area contributed by atoms with Crippen molar-refractivity contribution in [3.05, 3.63) is 0 Å². The van der Waals surface area contributed by atoms with Crippen molar-refractivity contribution in [2.75, 3.05) is 6.54 Å². The van der Waals surface area contributed by atoms with E-state index in [9.17, 15) is 19.1 Å². The first-order chi connectivity index (χ1) is 6.32. The largest absolute Gasteiger partial charge is 1.00 e. The van der Waals surface area contributed by atoms with Gasteiger partial charge in [-0.3, -0.25) is 10.2 Å². The van der Waals surface area contributed by atoms with Crippen molar-refractivity contribution < 1.29 is 72.9 Å². The van der Waals surface area contributed by atoms with Gasteiger partial charge in [-0.1, -0.05) is 0 Å². The molecule has 0 bridgehead atoms. The number of guanidine groups is 1. The molecule has 0 amide bonds. The Morgan fingerprint density at radius 3 is 2.28 bits per heavy atom. The Hall–Kier alpha value is 0.00481. The summed E-state index contributed by atoms with van der Waals surface area (Å²) in [6, 6.07) is -0.999. The molecule has 0 radical (unpaired) electrons. The second-order valence-corrected chi connectivity index (χ2v) is 4.16. The third-order valence-electron chi connectivity index (χ3n) is 1.75. The molecule has 0 spiro atoms. The van der Waals surface area contributed by atoms with Gasteiger partial charge >= 0.3 is 43.7 Å². The van der Waals surface area contributed by atoms with Crippen molar-refractivity contribution in [3.63, 3.8) is 0 Å². The van der Waals surface area contributed by atoms with E-state index in [-0.39, 0.29) is 59.9 Å². The first-order valence-electron chi connectivity index (χ1n) is 3.68. The second kappa shape index (κ2) is 9.87. The quantitative estimate of drug-likeness (QED) is 0.333. The van der Waals surface area contributed by atoms with Gasteiger partial charge in [-0.25, -0.2) is 0 Å². The number of hydrogen-bond acceptors (Lipinski definition) is 5. The molecule has 1 saturated heterocycles. The first-order valence-corrected chi connectivity index (χ1v) is 5.18. The summed E-state index contributed by atoms with van der Waals surface area (Å²) in [5.41, 5.74) is 0. The van der Waals surface area contributed by atoms with Gasteiger partial charge in [0, 0.05) is 14.3 Å². The standard InChI is InChI=1S/C5H10N3O5P.2Li.2H2O/c6-5-7-2-3(1-4(9)10)8(5)14(11,12)13;;;;/h3H,1-2H2,(H2,6,7)(H,9,10)(H2,11,12,13);;;2*1H2/q;2*+1;;/p-2. The molecule has 1 unspecified atom stereocenters. The van der Waals surface area contributed by atoms with Crippen molar-refractivity contribution in [2.24, 2.45) is 0 Å². The van der Waals surface area contributed by atoms with Crippen LogP contribution in [0.25, 0.3) is 0 Å². The molecule has 7 N–H and O–H groups in total. The molecule has 96 valence electrons. The molecule has 10 nitrogen and oxygen atoms in total. The normalized spacial score (nSPS) is 17.3. The van der Waals surface area contributed by atoms with Gasteiger partial charge in [0.05, 0.1) is 12.5 Å². The van der Waals surface area contributed by atoms with E-state index in [0.717, 1.165) is 0 Å². The van der Waals surface area contributed by atoms with Gasteiger partial charge in [0.1, 0.15) is 0 Å². The third-order valence-corrected chi connectivity index (χ3v) is 2.81. The zero-order valence-corrected chi connectivity index (χ0v) is 10.9. The summed E-state index contributed by atoms with van der Waals surface area (Å²) in [7, 11) is -5.10. The Balaban J connectivity index is -0.000000245. The van der Waals surface area contributed by atoms with Crippen molar-refractivity contribution >= 4 is 19.7 Å². The van der Waals surface area contributed by atoms with Gasteiger partial charge in [-0.05, 0) is 0 Å². The van der Waals surface area contributed by atoms with Crippen LogP contribution in [-0.2, 0) is 9.36 Å². The predicted molar refractivity (Wildman–Crippen MR) is 48.4 cm³/mol. The number of carboxylic acid groups (broad SMARTS) is 1. The zero-order valence-electron chi connectivity index (χ0n) is 9.97. The van der Waals surface area contributed by atoms with Crippen molar-refractivity contribution in [1.82, 2.24) is 9.99 Å². The van der Waals surface area contributed by atoms with E-state index in [2.05, 4.69) is 5.32 Å². The van der Waals surface area contributed by atoms with Gasteiger partial charge in [-0.15, -0.1) is 0 Å². The molecule has 1 aliphatic heterocycles. The average molecular weight is 271 g/mol. The van der Waals surface area contributed by atoms with Gasteiger partial charge in [0.15, 0.2) is 5.96 Å². The number of nitrogens with zero attached hydrogens (tertiary/aromatic N) is 1. The molecule has 1 rings (SSSR count). The van der Waals surface area contributed by atoms with Gasteiger partial charge in [-0.2, -0.15) is 0 Å². The molecule has 1 fully saturated rings. The maximum Gasteiger partial charge on any atom is 1.00 e. The summed E-state index contributed by atoms with van der Waals surface area (Å²) in [5.74, 6) is -1.78. The van der Waals surface area contributed by atoms with E-state index in [1.165, 1.54) is 0 Å². The fraction of sp³-hybridized carbons (Fsp3) is 0.600. The summed E-state index contributed by atoms with van der Waals surface area (Å²) < 4.78 is 10.9. The Morgan fingerprint density at radius 1 is 1.50 bits per heavy atom. The van der Waals surface area contributed by atoms with Crippen molar-refractivity contribution in [1.29, 1.82) is 5.41 Å². The third kappa shape index (κ3) is 6.81. The summed E-state index contributed by atoms with van der Waals surface area (Å²) in [6.45, 7) is -0.0282. The predicted octanol–water partition coefficient (Wildman–Crippen LogP) is -10.1. The van der Waals surface area contributed by atoms with Gasteiger partial charge in [0.2, 0.25) is 0 Å². The van der Waals surface area contributed by atoms with Crippen LogP contribution in [0.15, 0.2) is 0 Å². The second-order valence-electron chi connectivity index (χ2n) is 2.79. The molecule has 1 aliphatic rings. The van der Waals surface area contributed by atoms with Crippen LogP contribution in [0.5, 0.6) is 0 Å². The van der Waals surface area contributed by atoms with Crippen LogP contribution in [0.2, 0.25) is 0 Å². The fourth-order valence-electron chi connectivity index (χ4n) is 1.25. The number of rotatable bonds is 3. The number of carbonyl (C=O) groups is 1. The summed E-state index contributed by atoms with van der Waals surface area (Å²) >= 11 is 0. The Morgan fingerprint density at radius 2 is 1.94 bits per heavy atom. The van der Waals surface area contributed by atoms with E-state index in [4.69, 9.17) is 10.5 Å². The van der Waals surface area contributed by atoms with Crippen LogP contribution < -0.4 is 52.8 Å². The maximum absolute atomic E-state index is 10.7. The molecule has 0 saturated carbocycles. The average Bonchev–Trinajstić information content (AvgIpc) is 2.28. The minimum absolute atomic E-state index is 0. The minimum Gasteiger partial charge on any atom is -0.795 e. The topological polar surface area (TPSA) is 203 Å². The van der Waals surface area contributed by atoms with E-state index in [0.29, 0.717) is 0 Å². The van der Waals surface area contributed by atoms with Crippen LogP contribution in [0.4, 0.5) is 0 Å². The van der Waals surface area contributed by atoms with Gasteiger partial charge in [0.25, 0.3) is 0 Å². The van der Waals surface area contributed by atoms with Crippen molar-refractivity contribution in [3.8, 4) is 0 Å². The molecule has 1 atom stereocenters. The summed E-state index contributed by atoms with van der Waals surface area (Å²) in [6.07, 6.45) is -0.496. The van der Waals surface area contributed by atoms with Crippen LogP contribution in [-0.4, -0.2) is 45.2 Å². The monoisotopic (exact) mass is 271 g/mol. The fourth-order valence-corrected chi connectivity index (χ4v) is 2.13. The Bertz CT molecular complexity index is 324. The Kier molecular flexibility index (Phi) is 14.6. The van der Waals surface area contributed by atoms with Gasteiger partial charge < -0.3 is 40.4 Å². The molecule has 1 heterocycles. The SMILES string of the molecule is N=C1NCC(CC(=O)O)N1P(=O)([O-])[O-].O.O.[Li+].[Li+]. The summed E-state index contributed by atoms with van der Waals surface area (Å²) in [5, 5.41) is 17.8. The number of carboxylic acids is 1. The molecule has 0 aliphatic carbocycles. The molecular formula is C5H12Li2N3O7P. The van der Waals surface area contributed by atoms with E-state index < -0.39 is 32.1 Å². The van der Waals surface area contributed by atoms with E-state index in [1.807, 2.05) is 0 Å². The molecular weight excluding hydrogens is 259 g/mol. The van der Waals surface area contributed by atoms with Crippen LogP contribution in [0, 0.1) is 5.41 Å². The Labute approximate surface area is 127 Å². The molecule has 18 heavy (non-hydrogen) atoms. The number of hydrogen-bond donors (Lipinski definition) is 3. The van der Waals surface area contributed by atoms with Crippen LogP contribution in [0.3, 0.4) is 0 Å². The minimum atomic E-state index is -5.10. The maximum atomic E-state index is 10.7. The molecule has 13 heteroatoms. The van der Waals surface area contributed by atoms with Crippen molar-refractivity contribution in [2.45, 2.75) is 12.5 Å². The van der Waals surface area contributed by atoms with Crippen LogP contribution in [0.1, 0.15) is 6.42 Å². The number of nitrogens with one attached hydrogen (secondary N) is 2. The van der Waals surface area contributed by atoms with Crippen LogP contribution >= 0.6 is 7.75 Å².